The minimum absolute atomic E-state index is 0.0340. The Morgan fingerprint density at radius 2 is 1.71 bits per heavy atom. The second-order valence-electron chi connectivity index (χ2n) is 6.88. The molecule has 166 valence electrons. The van der Waals surface area contributed by atoms with Crippen molar-refractivity contribution in [2.45, 2.75) is 38.6 Å². The summed E-state index contributed by atoms with van der Waals surface area (Å²) in [5.41, 5.74) is 1.82. The van der Waals surface area contributed by atoms with Gasteiger partial charge >= 0.3 is 0 Å². The number of benzene rings is 2. The van der Waals surface area contributed by atoms with Crippen molar-refractivity contribution >= 4 is 40.9 Å². The molecule has 0 aliphatic carbocycles. The molecule has 0 saturated heterocycles. The molecule has 0 aliphatic rings. The molecule has 2 amide bonds. The number of nitrogens with one attached hydrogen (secondary N) is 1. The van der Waals surface area contributed by atoms with E-state index in [1.807, 2.05) is 26.0 Å². The average Bonchev–Trinajstić information content (AvgIpc) is 2.75. The maximum absolute atomic E-state index is 13.1. The second-order valence-corrected chi connectivity index (χ2v) is 8.31. The van der Waals surface area contributed by atoms with E-state index in [2.05, 4.69) is 5.32 Å². The summed E-state index contributed by atoms with van der Waals surface area (Å²) in [6.45, 7) is 4.53. The summed E-state index contributed by atoms with van der Waals surface area (Å²) in [4.78, 5) is 37.6. The van der Waals surface area contributed by atoms with Gasteiger partial charge in [-0.15, -0.1) is 11.8 Å². The first-order valence-corrected chi connectivity index (χ1v) is 11.5. The third-order valence-corrected chi connectivity index (χ3v) is 5.89. The molecule has 0 bridgehead atoms. The van der Waals surface area contributed by atoms with E-state index in [-0.39, 0.29) is 23.3 Å². The van der Waals surface area contributed by atoms with Crippen LogP contribution in [0.5, 0.6) is 0 Å². The van der Waals surface area contributed by atoms with Crippen molar-refractivity contribution < 1.29 is 14.5 Å². The van der Waals surface area contributed by atoms with Crippen LogP contribution in [0.15, 0.2) is 48.5 Å². The Kier molecular flexibility index (Phi) is 9.81. The molecule has 2 aromatic rings. The van der Waals surface area contributed by atoms with Gasteiger partial charge in [-0.25, -0.2) is 0 Å². The van der Waals surface area contributed by atoms with Crippen LogP contribution in [0.1, 0.15) is 31.4 Å². The Hall–Kier alpha value is -2.58. The standard InChI is InChI=1S/C22H26ClN3O4S/c1-3-20(22(28)24-4-2)25(13-16-5-9-18(23)10-6-16)21(27)15-31-14-17-7-11-19(12-8-17)26(29)30/h5-12,20H,3-4,13-15H2,1-2H3,(H,24,28). The van der Waals surface area contributed by atoms with Crippen LogP contribution in [0, 0.1) is 10.1 Å². The smallest absolute Gasteiger partial charge is 0.269 e. The van der Waals surface area contributed by atoms with Crippen molar-refractivity contribution in [1.82, 2.24) is 10.2 Å². The predicted molar refractivity (Wildman–Crippen MR) is 124 cm³/mol. The lowest BCUT2D eigenvalue weighted by atomic mass is 10.1. The van der Waals surface area contributed by atoms with Crippen molar-refractivity contribution in [2.24, 2.45) is 0 Å². The van der Waals surface area contributed by atoms with E-state index in [0.29, 0.717) is 30.3 Å². The number of nitro groups is 1. The summed E-state index contributed by atoms with van der Waals surface area (Å²) in [6.07, 6.45) is 0.498. The van der Waals surface area contributed by atoms with Crippen LogP contribution in [0.25, 0.3) is 0 Å². The van der Waals surface area contributed by atoms with Gasteiger partial charge in [0, 0.05) is 36.0 Å². The Morgan fingerprint density at radius 1 is 1.10 bits per heavy atom. The summed E-state index contributed by atoms with van der Waals surface area (Å²) in [5.74, 6) is 0.421. The van der Waals surface area contributed by atoms with Crippen LogP contribution in [0.4, 0.5) is 5.69 Å². The van der Waals surface area contributed by atoms with E-state index in [9.17, 15) is 19.7 Å². The summed E-state index contributed by atoms with van der Waals surface area (Å²) in [7, 11) is 0. The van der Waals surface area contributed by atoms with Crippen molar-refractivity contribution in [3.63, 3.8) is 0 Å². The minimum atomic E-state index is -0.567. The molecule has 9 heteroatoms. The van der Waals surface area contributed by atoms with Gasteiger partial charge in [0.1, 0.15) is 6.04 Å². The van der Waals surface area contributed by atoms with Gasteiger partial charge in [-0.3, -0.25) is 19.7 Å². The molecule has 1 unspecified atom stereocenters. The van der Waals surface area contributed by atoms with Crippen LogP contribution in [-0.2, 0) is 21.9 Å². The van der Waals surface area contributed by atoms with Gasteiger partial charge < -0.3 is 10.2 Å². The number of carbonyl (C=O) groups excluding carboxylic acids is 2. The highest BCUT2D eigenvalue weighted by molar-refractivity contribution is 7.99. The van der Waals surface area contributed by atoms with Gasteiger partial charge in [0.15, 0.2) is 0 Å². The van der Waals surface area contributed by atoms with Crippen LogP contribution in [-0.4, -0.2) is 40.0 Å². The zero-order valence-corrected chi connectivity index (χ0v) is 19.1. The average molecular weight is 464 g/mol. The number of non-ortho nitro benzene ring substituents is 1. The largest absolute Gasteiger partial charge is 0.355 e. The lowest BCUT2D eigenvalue weighted by Crippen LogP contribution is -2.49. The highest BCUT2D eigenvalue weighted by Gasteiger charge is 2.28. The summed E-state index contributed by atoms with van der Waals surface area (Å²) < 4.78 is 0. The number of hydrogen-bond acceptors (Lipinski definition) is 5. The molecule has 0 aromatic heterocycles. The monoisotopic (exact) mass is 463 g/mol. The summed E-state index contributed by atoms with van der Waals surface area (Å²) in [5, 5.41) is 14.2. The Balaban J connectivity index is 2.07. The molecule has 0 saturated carbocycles. The first-order valence-electron chi connectivity index (χ1n) is 9.98. The molecule has 7 nitrogen and oxygen atoms in total. The van der Waals surface area contributed by atoms with E-state index in [1.54, 1.807) is 29.2 Å². The second kappa shape index (κ2) is 12.3. The number of carbonyl (C=O) groups is 2. The van der Waals surface area contributed by atoms with Crippen LogP contribution in [0.3, 0.4) is 0 Å². The Bertz CT molecular complexity index is 891. The number of likely N-dealkylation sites (N-methyl/N-ethyl adjacent to an activating group) is 1. The molecule has 0 heterocycles. The maximum atomic E-state index is 13.1. The van der Waals surface area contributed by atoms with Crippen LogP contribution >= 0.6 is 23.4 Å². The fraction of sp³-hybridized carbons (Fsp3) is 0.364. The van der Waals surface area contributed by atoms with Crippen molar-refractivity contribution in [1.29, 1.82) is 0 Å². The molecule has 31 heavy (non-hydrogen) atoms. The first-order chi connectivity index (χ1) is 14.8. The number of amides is 2. The molecule has 1 N–H and O–H groups in total. The summed E-state index contributed by atoms with van der Waals surface area (Å²) in [6, 6.07) is 12.9. The van der Waals surface area contributed by atoms with Gasteiger partial charge in [0.05, 0.1) is 10.7 Å². The number of nitro benzene ring substituents is 1. The van der Waals surface area contributed by atoms with Gasteiger partial charge in [0.25, 0.3) is 5.69 Å². The van der Waals surface area contributed by atoms with Crippen LogP contribution < -0.4 is 5.32 Å². The molecule has 2 rings (SSSR count). The quantitative estimate of drug-likeness (QED) is 0.393. The van der Waals surface area contributed by atoms with Crippen molar-refractivity contribution in [2.75, 3.05) is 12.3 Å². The number of rotatable bonds is 11. The zero-order valence-electron chi connectivity index (χ0n) is 17.5. The molecule has 0 aliphatic heterocycles. The van der Waals surface area contributed by atoms with E-state index in [0.717, 1.165) is 11.1 Å². The predicted octanol–water partition coefficient (Wildman–Crippen LogP) is 4.42. The fourth-order valence-corrected chi connectivity index (χ4v) is 4.05. The number of halogens is 1. The lowest BCUT2D eigenvalue weighted by molar-refractivity contribution is -0.384. The maximum Gasteiger partial charge on any atom is 0.269 e. The molecule has 1 atom stereocenters. The van der Waals surface area contributed by atoms with Gasteiger partial charge in [-0.2, -0.15) is 0 Å². The topological polar surface area (TPSA) is 92.6 Å². The molecule has 0 fully saturated rings. The Morgan fingerprint density at radius 3 is 2.26 bits per heavy atom. The zero-order chi connectivity index (χ0) is 22.8. The van der Waals surface area contributed by atoms with E-state index >= 15 is 0 Å². The minimum Gasteiger partial charge on any atom is -0.355 e. The summed E-state index contributed by atoms with van der Waals surface area (Å²) >= 11 is 7.37. The molecule has 2 aromatic carbocycles. The SMILES string of the molecule is CCNC(=O)C(CC)N(Cc1ccc(Cl)cc1)C(=O)CSCc1ccc([N+](=O)[O-])cc1. The third kappa shape index (κ3) is 7.56. The van der Waals surface area contributed by atoms with Crippen LogP contribution in [0.2, 0.25) is 5.02 Å². The first kappa shape index (κ1) is 24.7. The highest BCUT2D eigenvalue weighted by Crippen LogP contribution is 2.20. The van der Waals surface area contributed by atoms with E-state index < -0.39 is 11.0 Å². The Labute approximate surface area is 191 Å². The van der Waals surface area contributed by atoms with Gasteiger partial charge in [0.2, 0.25) is 11.8 Å². The molecule has 0 spiro atoms. The number of thioether (sulfide) groups is 1. The van der Waals surface area contributed by atoms with Crippen molar-refractivity contribution in [3.8, 4) is 0 Å². The van der Waals surface area contributed by atoms with E-state index in [4.69, 9.17) is 11.6 Å². The lowest BCUT2D eigenvalue weighted by Gasteiger charge is -2.30. The fourth-order valence-electron chi connectivity index (χ4n) is 3.05. The molecular formula is C22H26ClN3O4S. The molecular weight excluding hydrogens is 438 g/mol. The van der Waals surface area contributed by atoms with Gasteiger partial charge in [-0.1, -0.05) is 42.8 Å². The van der Waals surface area contributed by atoms with E-state index in [1.165, 1.54) is 23.9 Å². The normalized spacial score (nSPS) is 11.6. The third-order valence-electron chi connectivity index (χ3n) is 4.64. The number of nitrogens with zero attached hydrogens (tertiary/aromatic N) is 2. The highest BCUT2D eigenvalue weighted by atomic mass is 35.5. The number of hydrogen-bond donors (Lipinski definition) is 1. The van der Waals surface area contributed by atoms with Crippen molar-refractivity contribution in [3.05, 3.63) is 74.8 Å². The van der Waals surface area contributed by atoms with Gasteiger partial charge in [-0.05, 0) is 36.6 Å². The molecule has 0 radical (unpaired) electrons.